The first kappa shape index (κ1) is 16.3. The van der Waals surface area contributed by atoms with E-state index in [0.717, 1.165) is 41.0 Å². The number of rotatable bonds is 4. The average molecular weight is 339 g/mol. The largest absolute Gasteiger partial charge is 0.507 e. The van der Waals surface area contributed by atoms with Crippen LogP contribution in [0.15, 0.2) is 18.2 Å². The van der Waals surface area contributed by atoms with Gasteiger partial charge in [0.25, 0.3) is 0 Å². The van der Waals surface area contributed by atoms with E-state index in [0.29, 0.717) is 5.92 Å². The Morgan fingerprint density at radius 1 is 1.12 bits per heavy atom. The van der Waals surface area contributed by atoms with Crippen molar-refractivity contribution in [2.24, 2.45) is 0 Å². The third-order valence-corrected chi connectivity index (χ3v) is 5.56. The van der Waals surface area contributed by atoms with Crippen LogP contribution in [-0.4, -0.2) is 32.1 Å². The lowest BCUT2D eigenvalue weighted by Crippen LogP contribution is -2.48. The molecule has 4 rings (SSSR count). The first-order chi connectivity index (χ1) is 11.8. The van der Waals surface area contributed by atoms with Gasteiger partial charge < -0.3 is 15.5 Å². The van der Waals surface area contributed by atoms with Gasteiger partial charge in [0.2, 0.25) is 0 Å². The molecular weight excluding hydrogens is 314 g/mol. The lowest BCUT2D eigenvalue weighted by Gasteiger charge is -2.41. The molecule has 2 saturated carbocycles. The van der Waals surface area contributed by atoms with E-state index in [1.54, 1.807) is 0 Å². The van der Waals surface area contributed by atoms with Crippen molar-refractivity contribution in [1.82, 2.24) is 10.2 Å². The summed E-state index contributed by atoms with van der Waals surface area (Å²) in [6.07, 6.45) is 3.87. The molecule has 0 aliphatic heterocycles. The van der Waals surface area contributed by atoms with Gasteiger partial charge in [-0.25, -0.2) is 0 Å². The molecule has 5 heteroatoms. The van der Waals surface area contributed by atoms with Crippen LogP contribution in [-0.2, 0) is 0 Å². The lowest BCUT2D eigenvalue weighted by molar-refractivity contribution is -0.0235. The van der Waals surface area contributed by atoms with Crippen molar-refractivity contribution < 1.29 is 10.2 Å². The van der Waals surface area contributed by atoms with Gasteiger partial charge in [-0.05, 0) is 81.2 Å². The summed E-state index contributed by atoms with van der Waals surface area (Å²) in [6, 6.07) is 6.15. The van der Waals surface area contributed by atoms with Crippen LogP contribution in [0.25, 0.3) is 11.3 Å². The third-order valence-electron chi connectivity index (χ3n) is 5.56. The van der Waals surface area contributed by atoms with Crippen LogP contribution in [0.2, 0.25) is 0 Å². The van der Waals surface area contributed by atoms with Crippen molar-refractivity contribution in [2.45, 2.75) is 64.0 Å². The molecule has 25 heavy (non-hydrogen) atoms. The molecule has 0 saturated heterocycles. The molecule has 3 N–H and O–H groups in total. The molecule has 0 amide bonds. The van der Waals surface area contributed by atoms with Gasteiger partial charge >= 0.3 is 0 Å². The van der Waals surface area contributed by atoms with Crippen LogP contribution in [0, 0.1) is 13.8 Å². The highest BCUT2D eigenvalue weighted by Gasteiger charge is 2.38. The van der Waals surface area contributed by atoms with E-state index >= 15 is 0 Å². The van der Waals surface area contributed by atoms with Crippen molar-refractivity contribution >= 4 is 5.82 Å². The minimum absolute atomic E-state index is 0.236. The minimum atomic E-state index is -0.566. The van der Waals surface area contributed by atoms with E-state index in [2.05, 4.69) is 21.6 Å². The first-order valence-electron chi connectivity index (χ1n) is 9.00. The number of hydrogen-bond donors (Lipinski definition) is 3. The Kier molecular flexibility index (Phi) is 3.72. The fraction of sp³-hybridized carbons (Fsp3) is 0.500. The molecule has 0 spiro atoms. The van der Waals surface area contributed by atoms with Gasteiger partial charge in [0.15, 0.2) is 5.82 Å². The molecule has 0 bridgehead atoms. The second-order valence-corrected chi connectivity index (χ2v) is 7.94. The Morgan fingerprint density at radius 2 is 1.84 bits per heavy atom. The van der Waals surface area contributed by atoms with Gasteiger partial charge in [0, 0.05) is 11.6 Å². The van der Waals surface area contributed by atoms with Crippen LogP contribution >= 0.6 is 0 Å². The number of aromatic nitrogens is 2. The van der Waals surface area contributed by atoms with Crippen LogP contribution < -0.4 is 5.32 Å². The van der Waals surface area contributed by atoms with Crippen molar-refractivity contribution in [3.8, 4) is 17.0 Å². The van der Waals surface area contributed by atoms with Gasteiger partial charge in [0.05, 0.1) is 11.3 Å². The van der Waals surface area contributed by atoms with Gasteiger partial charge in [0.1, 0.15) is 5.75 Å². The molecule has 2 aliphatic carbocycles. The highest BCUT2D eigenvalue weighted by Crippen LogP contribution is 2.43. The van der Waals surface area contributed by atoms with Crippen LogP contribution in [0.1, 0.15) is 55.2 Å². The molecule has 0 atom stereocenters. The molecule has 2 aromatic rings. The number of phenols is 1. The zero-order valence-corrected chi connectivity index (χ0v) is 15.0. The standard InChI is InChI=1S/C20H25N3O2/c1-11-12(2)19(21-15-9-20(3,25)10-15)23-22-18(11)16-7-6-14(8-17(16)24)13-4-5-13/h6-8,13,15,24-25H,4-5,9-10H2,1-3H3,(H,21,23). The summed E-state index contributed by atoms with van der Waals surface area (Å²) < 4.78 is 0. The topological polar surface area (TPSA) is 78.3 Å². The van der Waals surface area contributed by atoms with E-state index in [9.17, 15) is 10.2 Å². The number of aliphatic hydroxyl groups is 1. The number of anilines is 1. The van der Waals surface area contributed by atoms with Crippen molar-refractivity contribution in [3.63, 3.8) is 0 Å². The molecule has 0 unspecified atom stereocenters. The Morgan fingerprint density at radius 3 is 2.44 bits per heavy atom. The molecule has 0 radical (unpaired) electrons. The Balaban J connectivity index is 1.60. The summed E-state index contributed by atoms with van der Waals surface area (Å²) in [5, 5.41) is 32.4. The third kappa shape index (κ3) is 3.09. The number of phenolic OH excluding ortho intramolecular Hbond substituents is 1. The molecule has 1 aromatic carbocycles. The SMILES string of the molecule is Cc1c(NC2CC(C)(O)C2)nnc(-c2ccc(C3CC3)cc2O)c1C. The number of nitrogens with one attached hydrogen (secondary N) is 1. The van der Waals surface area contributed by atoms with E-state index in [1.807, 2.05) is 32.9 Å². The van der Waals surface area contributed by atoms with E-state index < -0.39 is 5.60 Å². The maximum absolute atomic E-state index is 10.4. The quantitative estimate of drug-likeness (QED) is 0.792. The smallest absolute Gasteiger partial charge is 0.152 e. The molecule has 2 fully saturated rings. The van der Waals surface area contributed by atoms with Gasteiger partial charge in [-0.3, -0.25) is 0 Å². The molecule has 5 nitrogen and oxygen atoms in total. The van der Waals surface area contributed by atoms with Gasteiger partial charge in [-0.1, -0.05) is 6.07 Å². The van der Waals surface area contributed by atoms with Gasteiger partial charge in [-0.2, -0.15) is 0 Å². The summed E-state index contributed by atoms with van der Waals surface area (Å²) in [7, 11) is 0. The minimum Gasteiger partial charge on any atom is -0.507 e. The summed E-state index contributed by atoms with van der Waals surface area (Å²) >= 11 is 0. The number of nitrogens with zero attached hydrogens (tertiary/aromatic N) is 2. The van der Waals surface area contributed by atoms with Crippen LogP contribution in [0.5, 0.6) is 5.75 Å². The fourth-order valence-electron chi connectivity index (χ4n) is 3.71. The Labute approximate surface area is 148 Å². The maximum atomic E-state index is 10.4. The Bertz CT molecular complexity index is 820. The average Bonchev–Trinajstić information content (AvgIpc) is 3.35. The summed E-state index contributed by atoms with van der Waals surface area (Å²) in [4.78, 5) is 0. The highest BCUT2D eigenvalue weighted by atomic mass is 16.3. The molecule has 1 aromatic heterocycles. The lowest BCUT2D eigenvalue weighted by atomic mass is 9.77. The number of aromatic hydroxyl groups is 1. The zero-order chi connectivity index (χ0) is 17.8. The van der Waals surface area contributed by atoms with Crippen molar-refractivity contribution in [3.05, 3.63) is 34.9 Å². The predicted octanol–water partition coefficient (Wildman–Crippen LogP) is 3.67. The van der Waals surface area contributed by atoms with E-state index in [4.69, 9.17) is 0 Å². The second kappa shape index (κ2) is 5.70. The predicted molar refractivity (Wildman–Crippen MR) is 97.9 cm³/mol. The molecule has 132 valence electrons. The Hall–Kier alpha value is -2.14. The number of benzene rings is 1. The van der Waals surface area contributed by atoms with Crippen LogP contribution in [0.4, 0.5) is 5.82 Å². The van der Waals surface area contributed by atoms with Gasteiger partial charge in [-0.15, -0.1) is 10.2 Å². The molecular formula is C20H25N3O2. The summed E-state index contributed by atoms with van der Waals surface area (Å²) in [5.41, 5.74) is 4.14. The zero-order valence-electron chi connectivity index (χ0n) is 15.0. The monoisotopic (exact) mass is 339 g/mol. The van der Waals surface area contributed by atoms with Crippen molar-refractivity contribution in [1.29, 1.82) is 0 Å². The molecule has 1 heterocycles. The normalized spacial score (nSPS) is 25.5. The summed E-state index contributed by atoms with van der Waals surface area (Å²) in [6.45, 7) is 5.88. The highest BCUT2D eigenvalue weighted by molar-refractivity contribution is 5.72. The first-order valence-corrected chi connectivity index (χ1v) is 9.00. The second-order valence-electron chi connectivity index (χ2n) is 7.94. The van der Waals surface area contributed by atoms with Crippen molar-refractivity contribution in [2.75, 3.05) is 5.32 Å². The van der Waals surface area contributed by atoms with Crippen LogP contribution in [0.3, 0.4) is 0 Å². The summed E-state index contributed by atoms with van der Waals surface area (Å²) in [5.74, 6) is 1.65. The number of hydrogen-bond acceptors (Lipinski definition) is 5. The molecule has 2 aliphatic rings. The fourth-order valence-corrected chi connectivity index (χ4v) is 3.71. The maximum Gasteiger partial charge on any atom is 0.152 e. The van der Waals surface area contributed by atoms with E-state index in [1.165, 1.54) is 18.4 Å². The van der Waals surface area contributed by atoms with E-state index in [-0.39, 0.29) is 11.8 Å².